The van der Waals surface area contributed by atoms with Crippen LogP contribution in [0.15, 0.2) is 24.4 Å². The highest BCUT2D eigenvalue weighted by Gasteiger charge is 2.23. The van der Waals surface area contributed by atoms with Crippen molar-refractivity contribution in [2.24, 2.45) is 5.92 Å². The number of aromatic amines is 1. The van der Waals surface area contributed by atoms with Crippen molar-refractivity contribution in [3.63, 3.8) is 0 Å². The van der Waals surface area contributed by atoms with E-state index in [1.807, 2.05) is 6.20 Å². The minimum Gasteiger partial charge on any atom is -0.361 e. The molecule has 1 saturated carbocycles. The Kier molecular flexibility index (Phi) is 2.90. The van der Waals surface area contributed by atoms with Gasteiger partial charge in [-0.15, -0.1) is 0 Å². The van der Waals surface area contributed by atoms with E-state index in [0.717, 1.165) is 42.1 Å². The summed E-state index contributed by atoms with van der Waals surface area (Å²) < 4.78 is 13.3. The lowest BCUT2D eigenvalue weighted by Crippen LogP contribution is -2.20. The van der Waals surface area contributed by atoms with Gasteiger partial charge in [-0.1, -0.05) is 6.42 Å². The van der Waals surface area contributed by atoms with E-state index in [0.29, 0.717) is 12.2 Å². The molecule has 18 heavy (non-hydrogen) atoms. The Morgan fingerprint density at radius 2 is 2.22 bits per heavy atom. The fourth-order valence-electron chi connectivity index (χ4n) is 2.86. The van der Waals surface area contributed by atoms with Gasteiger partial charge in [0.05, 0.1) is 0 Å². The van der Waals surface area contributed by atoms with E-state index in [9.17, 15) is 9.18 Å². The number of nitrogens with one attached hydrogen (secondary N) is 1. The van der Waals surface area contributed by atoms with E-state index in [4.69, 9.17) is 0 Å². The Balaban J connectivity index is 1.90. The lowest BCUT2D eigenvalue weighted by atomic mass is 9.84. The summed E-state index contributed by atoms with van der Waals surface area (Å²) in [7, 11) is 0. The Morgan fingerprint density at radius 3 is 3.06 bits per heavy atom. The number of H-pyrrole nitrogens is 1. The highest BCUT2D eigenvalue weighted by Crippen LogP contribution is 2.27. The molecule has 1 heterocycles. The van der Waals surface area contributed by atoms with Gasteiger partial charge in [0.25, 0.3) is 0 Å². The minimum absolute atomic E-state index is 0.126. The van der Waals surface area contributed by atoms with Crippen molar-refractivity contribution in [1.29, 1.82) is 0 Å². The van der Waals surface area contributed by atoms with Crippen LogP contribution < -0.4 is 0 Å². The van der Waals surface area contributed by atoms with E-state index < -0.39 is 0 Å². The molecule has 1 aromatic heterocycles. The number of halogens is 1. The monoisotopic (exact) mass is 245 g/mol. The number of fused-ring (bicyclic) bond motifs is 1. The maximum Gasteiger partial charge on any atom is 0.136 e. The van der Waals surface area contributed by atoms with Crippen LogP contribution in [0.4, 0.5) is 4.39 Å². The number of hydrogen-bond donors (Lipinski definition) is 1. The first-order valence-corrected chi connectivity index (χ1v) is 6.52. The predicted molar refractivity (Wildman–Crippen MR) is 68.9 cm³/mol. The molecule has 1 aliphatic carbocycles. The number of benzene rings is 1. The van der Waals surface area contributed by atoms with Crippen molar-refractivity contribution in [3.05, 3.63) is 35.8 Å². The van der Waals surface area contributed by atoms with Crippen LogP contribution in [0.25, 0.3) is 10.9 Å². The second kappa shape index (κ2) is 4.56. The van der Waals surface area contributed by atoms with E-state index >= 15 is 0 Å². The fourth-order valence-corrected chi connectivity index (χ4v) is 2.86. The van der Waals surface area contributed by atoms with Crippen molar-refractivity contribution in [1.82, 2.24) is 4.98 Å². The van der Waals surface area contributed by atoms with Crippen LogP contribution in [0.5, 0.6) is 0 Å². The topological polar surface area (TPSA) is 32.9 Å². The molecule has 0 amide bonds. The van der Waals surface area contributed by atoms with Crippen molar-refractivity contribution >= 4 is 16.7 Å². The molecule has 2 nitrogen and oxygen atoms in total. The van der Waals surface area contributed by atoms with Gasteiger partial charge in [0.2, 0.25) is 0 Å². The van der Waals surface area contributed by atoms with E-state index in [2.05, 4.69) is 4.98 Å². The molecule has 1 atom stereocenters. The van der Waals surface area contributed by atoms with Gasteiger partial charge in [0, 0.05) is 29.4 Å². The third-order valence-electron chi connectivity index (χ3n) is 3.88. The van der Waals surface area contributed by atoms with Crippen LogP contribution in [0.2, 0.25) is 0 Å². The molecule has 1 N–H and O–H groups in total. The van der Waals surface area contributed by atoms with E-state index in [1.54, 1.807) is 12.1 Å². The van der Waals surface area contributed by atoms with E-state index in [-0.39, 0.29) is 11.7 Å². The summed E-state index contributed by atoms with van der Waals surface area (Å²) in [5.41, 5.74) is 2.00. The van der Waals surface area contributed by atoms with Crippen LogP contribution in [0.1, 0.15) is 31.2 Å². The van der Waals surface area contributed by atoms with E-state index in [1.165, 1.54) is 6.07 Å². The summed E-state index contributed by atoms with van der Waals surface area (Å²) in [6, 6.07) is 4.75. The standard InChI is InChI=1S/C15H16FNO/c16-12-5-6-14-13(8-12)11(9-17-14)7-10-3-1-2-4-15(10)18/h5-6,8-10,17H,1-4,7H2. The Labute approximate surface area is 105 Å². The number of Topliss-reactive ketones (excluding diaryl/α,β-unsaturated/α-hetero) is 1. The van der Waals surface area contributed by atoms with Crippen molar-refractivity contribution < 1.29 is 9.18 Å². The lowest BCUT2D eigenvalue weighted by molar-refractivity contribution is -0.124. The molecule has 2 aromatic rings. The summed E-state index contributed by atoms with van der Waals surface area (Å²) in [5, 5.41) is 0.911. The van der Waals surface area contributed by atoms with Gasteiger partial charge in [-0.05, 0) is 43.0 Å². The number of aromatic nitrogens is 1. The van der Waals surface area contributed by atoms with Crippen molar-refractivity contribution in [3.8, 4) is 0 Å². The molecule has 1 unspecified atom stereocenters. The Hall–Kier alpha value is -1.64. The Bertz CT molecular complexity index is 587. The second-order valence-corrected chi connectivity index (χ2v) is 5.12. The lowest BCUT2D eigenvalue weighted by Gasteiger charge is -2.19. The fraction of sp³-hybridized carbons (Fsp3) is 0.400. The molecule has 0 aliphatic heterocycles. The number of hydrogen-bond acceptors (Lipinski definition) is 1. The first-order valence-electron chi connectivity index (χ1n) is 6.52. The van der Waals surface area contributed by atoms with Gasteiger partial charge >= 0.3 is 0 Å². The zero-order valence-electron chi connectivity index (χ0n) is 10.2. The SMILES string of the molecule is O=C1CCCCC1Cc1c[nH]c2ccc(F)cc12. The van der Waals surface area contributed by atoms with Gasteiger partial charge in [-0.2, -0.15) is 0 Å². The molecule has 1 aromatic carbocycles. The smallest absolute Gasteiger partial charge is 0.136 e. The Morgan fingerprint density at radius 1 is 1.33 bits per heavy atom. The highest BCUT2D eigenvalue weighted by atomic mass is 19.1. The van der Waals surface area contributed by atoms with Gasteiger partial charge in [-0.25, -0.2) is 4.39 Å². The van der Waals surface area contributed by atoms with Crippen LogP contribution in [-0.2, 0) is 11.2 Å². The van der Waals surface area contributed by atoms with Gasteiger partial charge < -0.3 is 4.98 Å². The zero-order valence-corrected chi connectivity index (χ0v) is 10.2. The molecule has 0 spiro atoms. The second-order valence-electron chi connectivity index (χ2n) is 5.12. The van der Waals surface area contributed by atoms with Crippen molar-refractivity contribution in [2.75, 3.05) is 0 Å². The van der Waals surface area contributed by atoms with Gasteiger partial charge in [-0.3, -0.25) is 4.79 Å². The van der Waals surface area contributed by atoms with Crippen LogP contribution in [-0.4, -0.2) is 10.8 Å². The molecular formula is C15H16FNO. The third-order valence-corrected chi connectivity index (χ3v) is 3.88. The molecule has 94 valence electrons. The first-order chi connectivity index (χ1) is 8.74. The largest absolute Gasteiger partial charge is 0.361 e. The normalized spacial score (nSPS) is 20.5. The summed E-state index contributed by atoms with van der Waals surface area (Å²) in [4.78, 5) is 15.0. The molecule has 3 rings (SSSR count). The average molecular weight is 245 g/mol. The molecular weight excluding hydrogens is 229 g/mol. The number of ketones is 1. The molecule has 0 saturated heterocycles. The molecule has 0 bridgehead atoms. The highest BCUT2D eigenvalue weighted by molar-refractivity contribution is 5.85. The first kappa shape index (κ1) is 11.5. The molecule has 3 heteroatoms. The quantitative estimate of drug-likeness (QED) is 0.861. The maximum atomic E-state index is 13.3. The van der Waals surface area contributed by atoms with Crippen molar-refractivity contribution in [2.45, 2.75) is 32.1 Å². The average Bonchev–Trinajstić information content (AvgIpc) is 2.75. The minimum atomic E-state index is -0.224. The maximum absolute atomic E-state index is 13.3. The third kappa shape index (κ3) is 2.05. The summed E-state index contributed by atoms with van der Waals surface area (Å²) in [5.74, 6) is 0.270. The predicted octanol–water partition coefficient (Wildman–Crippen LogP) is 3.61. The molecule has 1 fully saturated rings. The summed E-state index contributed by atoms with van der Waals surface area (Å²) in [6.45, 7) is 0. The number of carbonyl (C=O) groups excluding carboxylic acids is 1. The number of rotatable bonds is 2. The summed E-state index contributed by atoms with van der Waals surface area (Å²) in [6.07, 6.45) is 6.49. The summed E-state index contributed by atoms with van der Waals surface area (Å²) >= 11 is 0. The molecule has 0 radical (unpaired) electrons. The van der Waals surface area contributed by atoms with Crippen LogP contribution in [0, 0.1) is 11.7 Å². The number of carbonyl (C=O) groups is 1. The van der Waals surface area contributed by atoms with Crippen LogP contribution in [0.3, 0.4) is 0 Å². The van der Waals surface area contributed by atoms with Gasteiger partial charge in [0.1, 0.15) is 11.6 Å². The van der Waals surface area contributed by atoms with Crippen LogP contribution >= 0.6 is 0 Å². The molecule has 1 aliphatic rings. The zero-order chi connectivity index (χ0) is 12.5. The van der Waals surface area contributed by atoms with Gasteiger partial charge in [0.15, 0.2) is 0 Å².